The molecule has 0 aromatic carbocycles. The first-order valence-corrected chi connectivity index (χ1v) is 9.23. The van der Waals surface area contributed by atoms with E-state index in [0.29, 0.717) is 31.8 Å². The topological polar surface area (TPSA) is 83.9 Å². The lowest BCUT2D eigenvalue weighted by atomic mass is 10.1. The van der Waals surface area contributed by atoms with E-state index >= 15 is 0 Å². The Morgan fingerprint density at radius 1 is 1.36 bits per heavy atom. The zero-order chi connectivity index (χ0) is 15.7. The van der Waals surface area contributed by atoms with Gasteiger partial charge in [-0.15, -0.1) is 0 Å². The molecule has 2 aromatic heterocycles. The fourth-order valence-electron chi connectivity index (χ4n) is 2.94. The van der Waals surface area contributed by atoms with Gasteiger partial charge in [-0.25, -0.2) is 13.4 Å². The monoisotopic (exact) mass is 323 g/mol. The van der Waals surface area contributed by atoms with Gasteiger partial charge in [0.2, 0.25) is 10.0 Å². The van der Waals surface area contributed by atoms with Crippen molar-refractivity contribution in [3.05, 3.63) is 23.7 Å². The molecule has 7 nitrogen and oxygen atoms in total. The number of H-pyrrole nitrogens is 1. The highest BCUT2D eigenvalue weighted by Crippen LogP contribution is 2.29. The predicted molar refractivity (Wildman–Crippen MR) is 83.7 cm³/mol. The minimum absolute atomic E-state index is 0.195. The zero-order valence-electron chi connectivity index (χ0n) is 12.9. The van der Waals surface area contributed by atoms with Gasteiger partial charge in [-0.05, 0) is 13.3 Å². The summed E-state index contributed by atoms with van der Waals surface area (Å²) in [4.78, 5) is 7.33. The van der Waals surface area contributed by atoms with E-state index < -0.39 is 10.0 Å². The van der Waals surface area contributed by atoms with E-state index in [1.807, 2.05) is 18.5 Å². The molecule has 2 aromatic rings. The van der Waals surface area contributed by atoms with Crippen LogP contribution in [0.2, 0.25) is 0 Å². The number of nitrogens with zero attached hydrogens (tertiary/aromatic N) is 4. The average Bonchev–Trinajstić information content (AvgIpc) is 3.13. The van der Waals surface area contributed by atoms with E-state index in [4.69, 9.17) is 0 Å². The summed E-state index contributed by atoms with van der Waals surface area (Å²) in [6, 6.07) is 0. The second-order valence-corrected chi connectivity index (χ2v) is 7.52. The van der Waals surface area contributed by atoms with Crippen LogP contribution in [0.4, 0.5) is 0 Å². The van der Waals surface area contributed by atoms with Crippen LogP contribution in [0.3, 0.4) is 0 Å². The molecular weight excluding hydrogens is 302 g/mol. The van der Waals surface area contributed by atoms with Crippen molar-refractivity contribution in [1.29, 1.82) is 0 Å². The number of imidazole rings is 1. The number of nitrogens with one attached hydrogen (secondary N) is 1. The predicted octanol–water partition coefficient (Wildman–Crippen LogP) is 1.39. The van der Waals surface area contributed by atoms with Crippen molar-refractivity contribution in [2.75, 3.05) is 12.3 Å². The van der Waals surface area contributed by atoms with Gasteiger partial charge in [0.05, 0.1) is 5.75 Å². The fraction of sp³-hybridized carbons (Fsp3) is 0.571. The largest absolute Gasteiger partial charge is 0.343 e. The summed E-state index contributed by atoms with van der Waals surface area (Å²) < 4.78 is 28.2. The van der Waals surface area contributed by atoms with E-state index in [1.165, 1.54) is 0 Å². The summed E-state index contributed by atoms with van der Waals surface area (Å²) in [6.45, 7) is 5.60. The highest BCUT2D eigenvalue weighted by Gasteiger charge is 2.31. The third-order valence-electron chi connectivity index (χ3n) is 3.98. The second kappa shape index (κ2) is 5.85. The van der Waals surface area contributed by atoms with Crippen LogP contribution >= 0.6 is 0 Å². The molecule has 1 aliphatic rings. The molecular formula is C14H21N5O2S. The van der Waals surface area contributed by atoms with E-state index in [0.717, 1.165) is 23.5 Å². The van der Waals surface area contributed by atoms with E-state index in [-0.39, 0.29) is 5.75 Å². The molecule has 3 rings (SSSR count). The SMILES string of the molecule is CCCS(=O)(=O)N1CCc2c(c(-c3ncc[nH]3)nn2CC)C1. The van der Waals surface area contributed by atoms with Crippen LogP contribution in [0.25, 0.3) is 11.5 Å². The molecule has 120 valence electrons. The van der Waals surface area contributed by atoms with E-state index in [1.54, 1.807) is 16.7 Å². The molecule has 0 amide bonds. The first-order chi connectivity index (χ1) is 10.6. The summed E-state index contributed by atoms with van der Waals surface area (Å²) in [7, 11) is -3.19. The van der Waals surface area contributed by atoms with Crippen LogP contribution in [0.1, 0.15) is 31.5 Å². The maximum Gasteiger partial charge on any atom is 0.214 e. The van der Waals surface area contributed by atoms with Crippen LogP contribution in [0.15, 0.2) is 12.4 Å². The first-order valence-electron chi connectivity index (χ1n) is 7.63. The Kier molecular flexibility index (Phi) is 4.05. The standard InChI is InChI=1S/C14H21N5O2S/c1-3-9-22(20,21)18-8-5-12-11(10-18)13(17-19(12)4-2)14-15-6-7-16-14/h6-7H,3-5,8-10H2,1-2H3,(H,15,16). The second-order valence-electron chi connectivity index (χ2n) is 5.43. The third-order valence-corrected chi connectivity index (χ3v) is 6.00. The van der Waals surface area contributed by atoms with Crippen molar-refractivity contribution in [1.82, 2.24) is 24.1 Å². The van der Waals surface area contributed by atoms with Crippen LogP contribution in [-0.4, -0.2) is 44.8 Å². The van der Waals surface area contributed by atoms with Gasteiger partial charge in [0.15, 0.2) is 5.82 Å². The van der Waals surface area contributed by atoms with Gasteiger partial charge in [-0.1, -0.05) is 6.92 Å². The van der Waals surface area contributed by atoms with E-state index in [9.17, 15) is 8.42 Å². The normalized spacial score (nSPS) is 15.9. The van der Waals surface area contributed by atoms with Gasteiger partial charge in [-0.3, -0.25) is 4.68 Å². The van der Waals surface area contributed by atoms with Crippen molar-refractivity contribution in [2.24, 2.45) is 0 Å². The van der Waals surface area contributed by atoms with Gasteiger partial charge in [0, 0.05) is 49.7 Å². The molecule has 0 unspecified atom stereocenters. The summed E-state index contributed by atoms with van der Waals surface area (Å²) in [5.41, 5.74) is 2.86. The lowest BCUT2D eigenvalue weighted by Gasteiger charge is -2.26. The Bertz CT molecular complexity index is 749. The molecule has 0 saturated carbocycles. The number of aromatic amines is 1. The number of sulfonamides is 1. The molecule has 0 spiro atoms. The number of hydrogen-bond donors (Lipinski definition) is 1. The number of fused-ring (bicyclic) bond motifs is 1. The number of rotatable bonds is 5. The Labute approximate surface area is 130 Å². The van der Waals surface area contributed by atoms with E-state index in [2.05, 4.69) is 15.1 Å². The molecule has 0 aliphatic carbocycles. The van der Waals surface area contributed by atoms with Crippen LogP contribution in [-0.2, 0) is 29.5 Å². The van der Waals surface area contributed by atoms with Crippen LogP contribution in [0, 0.1) is 0 Å². The minimum atomic E-state index is -3.19. The molecule has 0 saturated heterocycles. The van der Waals surface area contributed by atoms with Crippen LogP contribution < -0.4 is 0 Å². The van der Waals surface area contributed by atoms with Gasteiger partial charge in [-0.2, -0.15) is 9.40 Å². The fourth-order valence-corrected chi connectivity index (χ4v) is 4.41. The van der Waals surface area contributed by atoms with Gasteiger partial charge >= 0.3 is 0 Å². The Balaban J connectivity index is 2.01. The smallest absolute Gasteiger partial charge is 0.214 e. The summed E-state index contributed by atoms with van der Waals surface area (Å²) in [5, 5.41) is 4.62. The highest BCUT2D eigenvalue weighted by molar-refractivity contribution is 7.89. The maximum atomic E-state index is 12.3. The average molecular weight is 323 g/mol. The van der Waals surface area contributed by atoms with Gasteiger partial charge in [0.25, 0.3) is 0 Å². The van der Waals surface area contributed by atoms with Crippen molar-refractivity contribution in [3.8, 4) is 11.5 Å². The highest BCUT2D eigenvalue weighted by atomic mass is 32.2. The maximum absolute atomic E-state index is 12.3. The van der Waals surface area contributed by atoms with Crippen molar-refractivity contribution in [2.45, 2.75) is 39.8 Å². The zero-order valence-corrected chi connectivity index (χ0v) is 13.7. The van der Waals surface area contributed by atoms with Gasteiger partial charge in [0.1, 0.15) is 5.69 Å². The molecule has 8 heteroatoms. The third kappa shape index (κ3) is 2.56. The molecule has 0 fully saturated rings. The van der Waals surface area contributed by atoms with Gasteiger partial charge < -0.3 is 4.98 Å². The minimum Gasteiger partial charge on any atom is -0.343 e. The molecule has 0 radical (unpaired) electrons. The summed E-state index contributed by atoms with van der Waals surface area (Å²) >= 11 is 0. The summed E-state index contributed by atoms with van der Waals surface area (Å²) in [5.74, 6) is 0.888. The molecule has 1 aliphatic heterocycles. The lowest BCUT2D eigenvalue weighted by Crippen LogP contribution is -2.37. The number of aryl methyl sites for hydroxylation is 1. The first kappa shape index (κ1) is 15.2. The Morgan fingerprint density at radius 3 is 2.82 bits per heavy atom. The molecule has 0 bridgehead atoms. The molecule has 3 heterocycles. The lowest BCUT2D eigenvalue weighted by molar-refractivity contribution is 0.384. The van der Waals surface area contributed by atoms with Crippen LogP contribution in [0.5, 0.6) is 0 Å². The van der Waals surface area contributed by atoms with Crippen molar-refractivity contribution < 1.29 is 8.42 Å². The Hall–Kier alpha value is -1.67. The molecule has 0 atom stereocenters. The molecule has 22 heavy (non-hydrogen) atoms. The Morgan fingerprint density at radius 2 is 2.18 bits per heavy atom. The molecule has 1 N–H and O–H groups in total. The van der Waals surface area contributed by atoms with Crippen molar-refractivity contribution in [3.63, 3.8) is 0 Å². The quantitative estimate of drug-likeness (QED) is 0.901. The number of aromatic nitrogens is 4. The number of hydrogen-bond acceptors (Lipinski definition) is 4. The van der Waals surface area contributed by atoms with Crippen molar-refractivity contribution >= 4 is 10.0 Å². The summed E-state index contributed by atoms with van der Waals surface area (Å²) in [6.07, 6.45) is 4.76.